The van der Waals surface area contributed by atoms with Gasteiger partial charge in [0, 0.05) is 19.4 Å². The first-order chi connectivity index (χ1) is 11.9. The maximum absolute atomic E-state index is 12.2. The van der Waals surface area contributed by atoms with Crippen molar-refractivity contribution in [1.29, 1.82) is 0 Å². The van der Waals surface area contributed by atoms with Crippen LogP contribution in [-0.4, -0.2) is 50.4 Å². The van der Waals surface area contributed by atoms with Gasteiger partial charge in [-0.05, 0) is 39.5 Å². The summed E-state index contributed by atoms with van der Waals surface area (Å²) in [4.78, 5) is 44.2. The average molecular weight is 390 g/mol. The highest BCUT2D eigenvalue weighted by atomic mass is 31.2. The van der Waals surface area contributed by atoms with Gasteiger partial charge in [0.15, 0.2) is 0 Å². The van der Waals surface area contributed by atoms with Gasteiger partial charge < -0.3 is 19.3 Å². The van der Waals surface area contributed by atoms with Crippen LogP contribution >= 0.6 is 7.60 Å². The standard InChI is InChI=1S/C16H27N2O7P/c1-16(2,3)25-13-10(6-8-26(21,22)23)9-11(14(13)24-4)18-7-5-12(19)17-15(18)20/h5,7,10-11,13-14H,6,8-9H2,1-4H3,(H,17,19,20)(H2,21,22,23). The van der Waals surface area contributed by atoms with E-state index in [1.54, 1.807) is 0 Å². The summed E-state index contributed by atoms with van der Waals surface area (Å²) in [6, 6.07) is 0.856. The average Bonchev–Trinajstić information content (AvgIpc) is 2.80. The summed E-state index contributed by atoms with van der Waals surface area (Å²) in [6.45, 7) is 5.66. The highest BCUT2D eigenvalue weighted by molar-refractivity contribution is 7.51. The van der Waals surface area contributed by atoms with Gasteiger partial charge in [0.1, 0.15) is 6.10 Å². The van der Waals surface area contributed by atoms with Crippen LogP contribution < -0.4 is 11.2 Å². The summed E-state index contributed by atoms with van der Waals surface area (Å²) in [5.74, 6) is -0.198. The van der Waals surface area contributed by atoms with E-state index in [1.807, 2.05) is 20.8 Å². The molecule has 0 aliphatic heterocycles. The lowest BCUT2D eigenvalue weighted by Crippen LogP contribution is -2.41. The fourth-order valence-corrected chi connectivity index (χ4v) is 4.17. The monoisotopic (exact) mass is 390 g/mol. The fourth-order valence-electron chi connectivity index (χ4n) is 3.50. The SMILES string of the molecule is COC1C(OC(C)(C)C)C(CCP(=O)(O)O)CC1n1ccc(=O)[nH]c1=O. The minimum Gasteiger partial charge on any atom is -0.377 e. The summed E-state index contributed by atoms with van der Waals surface area (Å²) in [5, 5.41) is 0. The normalized spacial score (nSPS) is 27.0. The van der Waals surface area contributed by atoms with Crippen LogP contribution in [0.3, 0.4) is 0 Å². The third-order valence-electron chi connectivity index (χ3n) is 4.47. The third-order valence-corrected chi connectivity index (χ3v) is 5.31. The number of methoxy groups -OCH3 is 1. The Hall–Kier alpha value is -1.25. The number of ether oxygens (including phenoxy) is 2. The molecule has 0 saturated heterocycles. The molecule has 0 bridgehead atoms. The molecule has 1 aromatic heterocycles. The number of nitrogens with one attached hydrogen (secondary N) is 1. The Labute approximate surface area is 151 Å². The summed E-state index contributed by atoms with van der Waals surface area (Å²) in [7, 11) is -2.63. The molecule has 10 heteroatoms. The van der Waals surface area contributed by atoms with Crippen molar-refractivity contribution >= 4 is 7.60 Å². The maximum Gasteiger partial charge on any atom is 0.328 e. The lowest BCUT2D eigenvalue weighted by atomic mass is 10.0. The molecule has 1 aliphatic carbocycles. The van der Waals surface area contributed by atoms with Crippen molar-refractivity contribution in [2.45, 2.75) is 57.5 Å². The molecular weight excluding hydrogens is 363 g/mol. The molecule has 1 aromatic rings. The largest absolute Gasteiger partial charge is 0.377 e. The second-order valence-electron chi connectivity index (χ2n) is 7.65. The van der Waals surface area contributed by atoms with Crippen molar-refractivity contribution in [2.75, 3.05) is 13.3 Å². The quantitative estimate of drug-likeness (QED) is 0.614. The van der Waals surface area contributed by atoms with E-state index in [4.69, 9.17) is 9.47 Å². The minimum atomic E-state index is -4.14. The van der Waals surface area contributed by atoms with Crippen LogP contribution in [0.25, 0.3) is 0 Å². The number of hydrogen-bond donors (Lipinski definition) is 3. The lowest BCUT2D eigenvalue weighted by Gasteiger charge is -2.32. The highest BCUT2D eigenvalue weighted by Gasteiger charge is 2.47. The van der Waals surface area contributed by atoms with E-state index in [-0.39, 0.29) is 18.5 Å². The van der Waals surface area contributed by atoms with Crippen LogP contribution in [0.4, 0.5) is 0 Å². The number of aromatic amines is 1. The molecule has 1 aliphatic rings. The van der Waals surface area contributed by atoms with E-state index in [9.17, 15) is 23.9 Å². The zero-order chi connectivity index (χ0) is 19.7. The zero-order valence-corrected chi connectivity index (χ0v) is 16.3. The first kappa shape index (κ1) is 21.1. The lowest BCUT2D eigenvalue weighted by molar-refractivity contribution is -0.128. The van der Waals surface area contributed by atoms with Gasteiger partial charge in [-0.1, -0.05) is 0 Å². The Morgan fingerprint density at radius 1 is 1.31 bits per heavy atom. The molecule has 148 valence electrons. The van der Waals surface area contributed by atoms with E-state index in [0.29, 0.717) is 6.42 Å². The van der Waals surface area contributed by atoms with Crippen molar-refractivity contribution in [2.24, 2.45) is 5.92 Å². The Bertz CT molecular complexity index is 776. The summed E-state index contributed by atoms with van der Waals surface area (Å²) >= 11 is 0. The second-order valence-corrected chi connectivity index (χ2v) is 9.43. The van der Waals surface area contributed by atoms with Gasteiger partial charge in [-0.15, -0.1) is 0 Å². The van der Waals surface area contributed by atoms with Crippen molar-refractivity contribution in [3.63, 3.8) is 0 Å². The van der Waals surface area contributed by atoms with Crippen molar-refractivity contribution in [3.05, 3.63) is 33.1 Å². The molecule has 3 N–H and O–H groups in total. The van der Waals surface area contributed by atoms with Gasteiger partial charge in [-0.2, -0.15) is 0 Å². The van der Waals surface area contributed by atoms with Gasteiger partial charge in [-0.3, -0.25) is 18.9 Å². The Morgan fingerprint density at radius 2 is 1.96 bits per heavy atom. The Kier molecular flexibility index (Phi) is 6.30. The van der Waals surface area contributed by atoms with Crippen LogP contribution in [-0.2, 0) is 14.0 Å². The minimum absolute atomic E-state index is 0.198. The summed E-state index contributed by atoms with van der Waals surface area (Å²) in [5.41, 5.74) is -1.53. The molecule has 26 heavy (non-hydrogen) atoms. The van der Waals surface area contributed by atoms with Crippen LogP contribution in [0.15, 0.2) is 21.9 Å². The van der Waals surface area contributed by atoms with Gasteiger partial charge >= 0.3 is 13.3 Å². The molecule has 0 aromatic carbocycles. The first-order valence-electron chi connectivity index (χ1n) is 8.48. The van der Waals surface area contributed by atoms with Gasteiger partial charge in [-0.25, -0.2) is 4.79 Å². The van der Waals surface area contributed by atoms with Crippen LogP contribution in [0, 0.1) is 5.92 Å². The van der Waals surface area contributed by atoms with Crippen LogP contribution in [0.5, 0.6) is 0 Å². The van der Waals surface area contributed by atoms with E-state index in [1.165, 1.54) is 23.9 Å². The molecule has 0 spiro atoms. The number of rotatable bonds is 6. The number of H-pyrrole nitrogens is 1. The number of hydrogen-bond acceptors (Lipinski definition) is 5. The maximum atomic E-state index is 12.2. The van der Waals surface area contributed by atoms with E-state index in [0.717, 1.165) is 0 Å². The van der Waals surface area contributed by atoms with Gasteiger partial charge in [0.2, 0.25) is 0 Å². The third kappa shape index (κ3) is 5.37. The predicted octanol–water partition coefficient (Wildman–Crippen LogP) is 0.864. The van der Waals surface area contributed by atoms with Gasteiger partial charge in [0.05, 0.1) is 23.9 Å². The molecule has 0 amide bonds. The topological polar surface area (TPSA) is 131 Å². The molecule has 1 heterocycles. The molecule has 2 rings (SSSR count). The predicted molar refractivity (Wildman–Crippen MR) is 95.4 cm³/mol. The summed E-state index contributed by atoms with van der Waals surface area (Å²) < 4.78 is 24.4. The molecule has 1 fully saturated rings. The Morgan fingerprint density at radius 3 is 2.46 bits per heavy atom. The number of aromatic nitrogens is 2. The fraction of sp³-hybridized carbons (Fsp3) is 0.750. The Balaban J connectivity index is 2.36. The summed E-state index contributed by atoms with van der Waals surface area (Å²) in [6.07, 6.45) is 0.933. The molecule has 1 saturated carbocycles. The highest BCUT2D eigenvalue weighted by Crippen LogP contribution is 2.45. The number of nitrogens with zero attached hydrogens (tertiary/aromatic N) is 1. The van der Waals surface area contributed by atoms with Crippen LogP contribution in [0.2, 0.25) is 0 Å². The molecule has 9 nitrogen and oxygen atoms in total. The first-order valence-corrected chi connectivity index (χ1v) is 10.3. The molecule has 0 radical (unpaired) electrons. The zero-order valence-electron chi connectivity index (χ0n) is 15.4. The molecule has 4 unspecified atom stereocenters. The van der Waals surface area contributed by atoms with E-state index in [2.05, 4.69) is 4.98 Å². The van der Waals surface area contributed by atoms with Crippen molar-refractivity contribution in [3.8, 4) is 0 Å². The van der Waals surface area contributed by atoms with E-state index < -0.39 is 42.7 Å². The van der Waals surface area contributed by atoms with E-state index >= 15 is 0 Å². The molecule has 4 atom stereocenters. The van der Waals surface area contributed by atoms with Gasteiger partial charge in [0.25, 0.3) is 5.56 Å². The van der Waals surface area contributed by atoms with Crippen LogP contribution in [0.1, 0.15) is 39.7 Å². The smallest absolute Gasteiger partial charge is 0.328 e. The molecular formula is C16H27N2O7P. The van der Waals surface area contributed by atoms with Crippen molar-refractivity contribution in [1.82, 2.24) is 9.55 Å². The van der Waals surface area contributed by atoms with Crippen molar-refractivity contribution < 1.29 is 23.8 Å². The second kappa shape index (κ2) is 7.78.